The topological polar surface area (TPSA) is 26.3 Å². The van der Waals surface area contributed by atoms with Gasteiger partial charge in [-0.05, 0) is 12.8 Å². The molecule has 1 aliphatic heterocycles. The van der Waals surface area contributed by atoms with Crippen molar-refractivity contribution in [3.8, 4) is 0 Å². The van der Waals surface area contributed by atoms with E-state index < -0.39 is 0 Å². The van der Waals surface area contributed by atoms with Crippen molar-refractivity contribution < 1.29 is 9.53 Å². The average Bonchev–Trinajstić information content (AvgIpc) is 2.40. The molecule has 0 amide bonds. The number of alkyl halides is 1. The number of halogens is 1. The summed E-state index contributed by atoms with van der Waals surface area (Å²) in [6.45, 7) is 0.834. The highest BCUT2D eigenvalue weighted by molar-refractivity contribution is 9.09. The molecule has 0 aromatic carbocycles. The molecule has 0 radical (unpaired) electrons. The van der Waals surface area contributed by atoms with Crippen LogP contribution in [0, 0.1) is 0 Å². The summed E-state index contributed by atoms with van der Waals surface area (Å²) in [6, 6.07) is 0. The van der Waals surface area contributed by atoms with Crippen molar-refractivity contribution in [2.24, 2.45) is 0 Å². The maximum absolute atomic E-state index is 10.8. The van der Waals surface area contributed by atoms with Crippen LogP contribution in [-0.2, 0) is 9.53 Å². The number of carbonyl (C=O) groups is 1. The summed E-state index contributed by atoms with van der Waals surface area (Å²) in [6.07, 6.45) is 2.97. The van der Waals surface area contributed by atoms with Crippen LogP contribution in [0.15, 0.2) is 0 Å². The molecule has 0 spiro atoms. The lowest BCUT2D eigenvalue weighted by Crippen LogP contribution is -2.12. The second-order valence-corrected chi connectivity index (χ2v) is 3.07. The van der Waals surface area contributed by atoms with Gasteiger partial charge in [0.2, 0.25) is 0 Å². The molecule has 0 N–H and O–H groups in total. The van der Waals surface area contributed by atoms with E-state index in [1.54, 1.807) is 0 Å². The Bertz CT molecular complexity index is 119. The van der Waals surface area contributed by atoms with Crippen molar-refractivity contribution in [1.29, 1.82) is 0 Å². The summed E-state index contributed by atoms with van der Waals surface area (Å²) < 4.78 is 5.28. The molecule has 0 unspecified atom stereocenters. The van der Waals surface area contributed by atoms with Crippen molar-refractivity contribution in [3.05, 3.63) is 0 Å². The molecule has 10 heavy (non-hydrogen) atoms. The zero-order valence-corrected chi connectivity index (χ0v) is 7.39. The molecule has 58 valence electrons. The van der Waals surface area contributed by atoms with Crippen LogP contribution in [0.1, 0.15) is 19.3 Å². The zero-order valence-electron chi connectivity index (χ0n) is 5.81. The molecule has 2 nitrogen and oxygen atoms in total. The Morgan fingerprint density at radius 3 is 3.00 bits per heavy atom. The van der Waals surface area contributed by atoms with Gasteiger partial charge in [0, 0.05) is 13.0 Å². The first-order chi connectivity index (χ1) is 4.83. The standard InChI is InChI=1S/C7H11BrO2/c8-5-6(9)4-7-2-1-3-10-7/h7H,1-5H2/t7-/m0/s1. The van der Waals surface area contributed by atoms with Crippen molar-refractivity contribution in [2.75, 3.05) is 11.9 Å². The van der Waals surface area contributed by atoms with E-state index in [4.69, 9.17) is 4.74 Å². The largest absolute Gasteiger partial charge is 0.378 e. The van der Waals surface area contributed by atoms with E-state index in [0.29, 0.717) is 11.8 Å². The summed E-state index contributed by atoms with van der Waals surface area (Å²) in [4.78, 5) is 10.8. The molecule has 1 fully saturated rings. The molecule has 0 aliphatic carbocycles. The van der Waals surface area contributed by atoms with Gasteiger partial charge in [-0.1, -0.05) is 15.9 Å². The van der Waals surface area contributed by atoms with Crippen LogP contribution >= 0.6 is 15.9 Å². The van der Waals surface area contributed by atoms with E-state index in [1.807, 2.05) is 0 Å². The molecule has 1 saturated heterocycles. The van der Waals surface area contributed by atoms with Gasteiger partial charge in [0.05, 0.1) is 11.4 Å². The van der Waals surface area contributed by atoms with E-state index >= 15 is 0 Å². The quantitative estimate of drug-likeness (QED) is 0.656. The Hall–Kier alpha value is 0.110. The lowest BCUT2D eigenvalue weighted by atomic mass is 10.1. The highest BCUT2D eigenvalue weighted by Crippen LogP contribution is 2.15. The van der Waals surface area contributed by atoms with Gasteiger partial charge in [0.25, 0.3) is 0 Å². The second-order valence-electron chi connectivity index (χ2n) is 2.51. The summed E-state index contributed by atoms with van der Waals surface area (Å²) in [5, 5.41) is 0.465. The molecular formula is C7H11BrO2. The van der Waals surface area contributed by atoms with E-state index in [1.165, 1.54) is 0 Å². The van der Waals surface area contributed by atoms with Gasteiger partial charge in [-0.3, -0.25) is 4.79 Å². The molecule has 3 heteroatoms. The van der Waals surface area contributed by atoms with E-state index in [9.17, 15) is 4.79 Å². The minimum absolute atomic E-state index is 0.213. The molecular weight excluding hydrogens is 196 g/mol. The first-order valence-corrected chi connectivity index (χ1v) is 4.64. The van der Waals surface area contributed by atoms with Crippen molar-refractivity contribution >= 4 is 21.7 Å². The zero-order chi connectivity index (χ0) is 7.40. The Balaban J connectivity index is 2.17. The predicted octanol–water partition coefficient (Wildman–Crippen LogP) is 1.52. The van der Waals surface area contributed by atoms with Gasteiger partial charge in [-0.2, -0.15) is 0 Å². The summed E-state index contributed by atoms with van der Waals surface area (Å²) in [5.74, 6) is 0.243. The third-order valence-electron chi connectivity index (χ3n) is 1.63. The maximum Gasteiger partial charge on any atom is 0.145 e. The van der Waals surface area contributed by atoms with Crippen LogP contribution in [0.4, 0.5) is 0 Å². The Labute approximate surface area is 69.1 Å². The van der Waals surface area contributed by atoms with Crippen molar-refractivity contribution in [3.63, 3.8) is 0 Å². The third kappa shape index (κ3) is 2.39. The number of hydrogen-bond acceptors (Lipinski definition) is 2. The van der Waals surface area contributed by atoms with Crippen molar-refractivity contribution in [1.82, 2.24) is 0 Å². The minimum atomic E-state index is 0.213. The second kappa shape index (κ2) is 4.09. The predicted molar refractivity (Wildman–Crippen MR) is 42.4 cm³/mol. The van der Waals surface area contributed by atoms with Crippen LogP contribution in [0.25, 0.3) is 0 Å². The first kappa shape index (κ1) is 8.21. The van der Waals surface area contributed by atoms with Crippen molar-refractivity contribution in [2.45, 2.75) is 25.4 Å². The fourth-order valence-electron chi connectivity index (χ4n) is 1.11. The Morgan fingerprint density at radius 2 is 2.50 bits per heavy atom. The monoisotopic (exact) mass is 206 g/mol. The fourth-order valence-corrected chi connectivity index (χ4v) is 1.34. The molecule has 0 saturated carbocycles. The van der Waals surface area contributed by atoms with E-state index in [0.717, 1.165) is 19.4 Å². The normalized spacial score (nSPS) is 25.1. The van der Waals surface area contributed by atoms with E-state index in [-0.39, 0.29) is 11.9 Å². The Kier molecular flexibility index (Phi) is 3.35. The number of carbonyl (C=O) groups excluding carboxylic acids is 1. The number of ketones is 1. The summed E-state index contributed by atoms with van der Waals surface area (Å²) in [5.41, 5.74) is 0. The summed E-state index contributed by atoms with van der Waals surface area (Å²) in [7, 11) is 0. The number of hydrogen-bond donors (Lipinski definition) is 0. The highest BCUT2D eigenvalue weighted by atomic mass is 79.9. The fraction of sp³-hybridized carbons (Fsp3) is 0.857. The molecule has 1 aliphatic rings. The van der Waals surface area contributed by atoms with Crippen LogP contribution in [-0.4, -0.2) is 23.8 Å². The number of ether oxygens (including phenoxy) is 1. The van der Waals surface area contributed by atoms with Crippen LogP contribution in [0.2, 0.25) is 0 Å². The van der Waals surface area contributed by atoms with Gasteiger partial charge in [0.15, 0.2) is 0 Å². The van der Waals surface area contributed by atoms with Gasteiger partial charge < -0.3 is 4.74 Å². The lowest BCUT2D eigenvalue weighted by molar-refractivity contribution is -0.118. The molecule has 0 aromatic rings. The number of Topliss-reactive ketones (excluding diaryl/α,β-unsaturated/α-hetero) is 1. The molecule has 1 rings (SSSR count). The van der Waals surface area contributed by atoms with Gasteiger partial charge in [-0.25, -0.2) is 0 Å². The highest BCUT2D eigenvalue weighted by Gasteiger charge is 2.17. The van der Waals surface area contributed by atoms with Gasteiger partial charge >= 0.3 is 0 Å². The SMILES string of the molecule is O=C(CBr)C[C@@H]1CCCO1. The third-order valence-corrected chi connectivity index (χ3v) is 2.25. The number of rotatable bonds is 3. The van der Waals surface area contributed by atoms with Gasteiger partial charge in [-0.15, -0.1) is 0 Å². The van der Waals surface area contributed by atoms with Crippen LogP contribution in [0.3, 0.4) is 0 Å². The molecule has 1 atom stereocenters. The maximum atomic E-state index is 10.8. The lowest BCUT2D eigenvalue weighted by Gasteiger charge is -2.05. The minimum Gasteiger partial charge on any atom is -0.378 e. The molecule has 0 aromatic heterocycles. The van der Waals surface area contributed by atoms with E-state index in [2.05, 4.69) is 15.9 Å². The smallest absolute Gasteiger partial charge is 0.145 e. The van der Waals surface area contributed by atoms with Crippen LogP contribution < -0.4 is 0 Å². The van der Waals surface area contributed by atoms with Gasteiger partial charge in [0.1, 0.15) is 5.78 Å². The molecule has 1 heterocycles. The Morgan fingerprint density at radius 1 is 1.70 bits per heavy atom. The summed E-state index contributed by atoms with van der Waals surface area (Å²) >= 11 is 3.12. The van der Waals surface area contributed by atoms with Crippen LogP contribution in [0.5, 0.6) is 0 Å². The first-order valence-electron chi connectivity index (χ1n) is 3.52. The molecule has 0 bridgehead atoms. The average molecular weight is 207 g/mol.